The van der Waals surface area contributed by atoms with Crippen LogP contribution in [-0.4, -0.2) is 30.1 Å². The summed E-state index contributed by atoms with van der Waals surface area (Å²) in [5.41, 5.74) is 7.67. The van der Waals surface area contributed by atoms with E-state index in [1.807, 2.05) is 24.3 Å². The molecule has 2 heterocycles. The first kappa shape index (κ1) is 15.7. The number of piperidine rings is 1. The third kappa shape index (κ3) is 3.62. The number of halogens is 1. The molecule has 0 bridgehead atoms. The van der Waals surface area contributed by atoms with Crippen molar-refractivity contribution in [3.63, 3.8) is 0 Å². The van der Waals surface area contributed by atoms with Gasteiger partial charge in [-0.15, -0.1) is 0 Å². The number of benzene rings is 1. The number of likely N-dealkylation sites (tertiary alicyclic amines) is 1. The Kier molecular flexibility index (Phi) is 4.76. The van der Waals surface area contributed by atoms with Crippen LogP contribution < -0.4 is 10.5 Å². The average molecular weight is 315 g/mol. The van der Waals surface area contributed by atoms with E-state index in [1.165, 1.54) is 12.7 Å². The van der Waals surface area contributed by atoms with Gasteiger partial charge in [-0.1, -0.05) is 12.1 Å². The predicted octanol–water partition coefficient (Wildman–Crippen LogP) is 3.19. The molecule has 0 radical (unpaired) electrons. The number of rotatable bonds is 4. The SMILES string of the molecule is COc1cccc(C2CCN(Cc3ccnc(N)c3)CC2)c1F. The Labute approximate surface area is 136 Å². The van der Waals surface area contributed by atoms with Crippen molar-refractivity contribution in [1.82, 2.24) is 9.88 Å². The molecule has 122 valence electrons. The van der Waals surface area contributed by atoms with Crippen LogP contribution in [0.2, 0.25) is 0 Å². The summed E-state index contributed by atoms with van der Waals surface area (Å²) in [6.07, 6.45) is 3.64. The number of pyridine rings is 1. The quantitative estimate of drug-likeness (QED) is 0.941. The van der Waals surface area contributed by atoms with Crippen molar-refractivity contribution in [2.24, 2.45) is 0 Å². The van der Waals surface area contributed by atoms with E-state index in [4.69, 9.17) is 10.5 Å². The second kappa shape index (κ2) is 6.96. The van der Waals surface area contributed by atoms with Crippen LogP contribution in [0, 0.1) is 5.82 Å². The highest BCUT2D eigenvalue weighted by molar-refractivity contribution is 5.34. The third-order valence-electron chi connectivity index (χ3n) is 4.49. The fourth-order valence-corrected chi connectivity index (χ4v) is 3.25. The Hall–Kier alpha value is -2.14. The summed E-state index contributed by atoms with van der Waals surface area (Å²) in [5.74, 6) is 0.923. The fraction of sp³-hybridized carbons (Fsp3) is 0.389. The van der Waals surface area contributed by atoms with Crippen LogP contribution in [0.1, 0.15) is 29.9 Å². The summed E-state index contributed by atoms with van der Waals surface area (Å²) in [6, 6.07) is 9.31. The topological polar surface area (TPSA) is 51.4 Å². The van der Waals surface area contributed by atoms with Crippen LogP contribution in [0.15, 0.2) is 36.5 Å². The molecule has 2 N–H and O–H groups in total. The molecule has 0 spiro atoms. The number of methoxy groups -OCH3 is 1. The van der Waals surface area contributed by atoms with E-state index in [-0.39, 0.29) is 11.7 Å². The smallest absolute Gasteiger partial charge is 0.168 e. The fourth-order valence-electron chi connectivity index (χ4n) is 3.25. The molecule has 2 aromatic rings. The first-order chi connectivity index (χ1) is 11.2. The molecule has 0 atom stereocenters. The summed E-state index contributed by atoms with van der Waals surface area (Å²) < 4.78 is 19.5. The minimum Gasteiger partial charge on any atom is -0.494 e. The van der Waals surface area contributed by atoms with E-state index < -0.39 is 0 Å². The highest BCUT2D eigenvalue weighted by Gasteiger charge is 2.24. The first-order valence-electron chi connectivity index (χ1n) is 7.92. The van der Waals surface area contributed by atoms with Gasteiger partial charge in [0.2, 0.25) is 0 Å². The number of hydrogen-bond donors (Lipinski definition) is 1. The molecule has 0 aliphatic carbocycles. The molecule has 1 aromatic heterocycles. The molecule has 23 heavy (non-hydrogen) atoms. The van der Waals surface area contributed by atoms with Crippen LogP contribution in [0.4, 0.5) is 10.2 Å². The molecule has 4 nitrogen and oxygen atoms in total. The lowest BCUT2D eigenvalue weighted by Gasteiger charge is -2.32. The summed E-state index contributed by atoms with van der Waals surface area (Å²) >= 11 is 0. The van der Waals surface area contributed by atoms with Gasteiger partial charge in [0.1, 0.15) is 5.82 Å². The molecule has 1 fully saturated rings. The van der Waals surface area contributed by atoms with E-state index in [2.05, 4.69) is 9.88 Å². The first-order valence-corrected chi connectivity index (χ1v) is 7.92. The van der Waals surface area contributed by atoms with E-state index in [0.717, 1.165) is 38.0 Å². The second-order valence-electron chi connectivity index (χ2n) is 6.00. The minimum atomic E-state index is -0.213. The summed E-state index contributed by atoms with van der Waals surface area (Å²) in [6.45, 7) is 2.76. The molecule has 1 aliphatic heterocycles. The highest BCUT2D eigenvalue weighted by Crippen LogP contribution is 2.33. The van der Waals surface area contributed by atoms with Gasteiger partial charge >= 0.3 is 0 Å². The number of anilines is 1. The Balaban J connectivity index is 1.62. The number of hydrogen-bond acceptors (Lipinski definition) is 4. The molecular weight excluding hydrogens is 293 g/mol. The van der Waals surface area contributed by atoms with Crippen LogP contribution in [0.3, 0.4) is 0 Å². The van der Waals surface area contributed by atoms with Gasteiger partial charge in [0, 0.05) is 12.7 Å². The maximum atomic E-state index is 14.4. The van der Waals surface area contributed by atoms with Crippen molar-refractivity contribution < 1.29 is 9.13 Å². The Bertz CT molecular complexity index is 669. The van der Waals surface area contributed by atoms with E-state index >= 15 is 0 Å². The van der Waals surface area contributed by atoms with Crippen LogP contribution in [-0.2, 0) is 6.54 Å². The van der Waals surface area contributed by atoms with Crippen molar-refractivity contribution in [3.8, 4) is 5.75 Å². The number of nitrogens with two attached hydrogens (primary N) is 1. The van der Waals surface area contributed by atoms with Crippen molar-refractivity contribution in [3.05, 3.63) is 53.5 Å². The van der Waals surface area contributed by atoms with Crippen LogP contribution in [0.25, 0.3) is 0 Å². The third-order valence-corrected chi connectivity index (χ3v) is 4.49. The normalized spacial score (nSPS) is 16.4. The Morgan fingerprint density at radius 3 is 2.78 bits per heavy atom. The van der Waals surface area contributed by atoms with Gasteiger partial charge in [-0.2, -0.15) is 0 Å². The summed E-state index contributed by atoms with van der Waals surface area (Å²) in [4.78, 5) is 6.39. The zero-order valence-corrected chi connectivity index (χ0v) is 13.3. The molecule has 0 saturated carbocycles. The zero-order chi connectivity index (χ0) is 16.2. The number of nitrogens with zero attached hydrogens (tertiary/aromatic N) is 2. The van der Waals surface area contributed by atoms with Gasteiger partial charge in [0.15, 0.2) is 11.6 Å². The predicted molar refractivity (Wildman–Crippen MR) is 88.9 cm³/mol. The molecule has 3 rings (SSSR count). The summed E-state index contributed by atoms with van der Waals surface area (Å²) in [5, 5.41) is 0. The monoisotopic (exact) mass is 315 g/mol. The second-order valence-corrected chi connectivity index (χ2v) is 6.00. The van der Waals surface area contributed by atoms with Gasteiger partial charge in [0.25, 0.3) is 0 Å². The molecular formula is C18H22FN3O. The maximum Gasteiger partial charge on any atom is 0.168 e. The number of aromatic nitrogens is 1. The Morgan fingerprint density at radius 1 is 1.30 bits per heavy atom. The highest BCUT2D eigenvalue weighted by atomic mass is 19.1. The molecule has 1 saturated heterocycles. The van der Waals surface area contributed by atoms with Crippen molar-refractivity contribution >= 4 is 5.82 Å². The zero-order valence-electron chi connectivity index (χ0n) is 13.3. The minimum absolute atomic E-state index is 0.213. The molecule has 1 aliphatic rings. The van der Waals surface area contributed by atoms with Gasteiger partial charge in [-0.25, -0.2) is 9.37 Å². The van der Waals surface area contributed by atoms with E-state index in [9.17, 15) is 4.39 Å². The lowest BCUT2D eigenvalue weighted by molar-refractivity contribution is 0.202. The van der Waals surface area contributed by atoms with E-state index in [1.54, 1.807) is 12.3 Å². The lowest BCUT2D eigenvalue weighted by atomic mass is 9.88. The number of ether oxygens (including phenoxy) is 1. The van der Waals surface area contributed by atoms with Gasteiger partial charge < -0.3 is 10.5 Å². The molecule has 0 unspecified atom stereocenters. The van der Waals surface area contributed by atoms with E-state index in [0.29, 0.717) is 11.6 Å². The molecule has 1 aromatic carbocycles. The summed E-state index contributed by atoms with van der Waals surface area (Å²) in [7, 11) is 1.51. The van der Waals surface area contributed by atoms with Crippen molar-refractivity contribution in [1.29, 1.82) is 0 Å². The van der Waals surface area contributed by atoms with Crippen LogP contribution in [0.5, 0.6) is 5.75 Å². The standard InChI is InChI=1S/C18H22FN3O/c1-23-16-4-2-3-15(18(16)19)14-6-9-22(10-7-14)12-13-5-8-21-17(20)11-13/h2-5,8,11,14H,6-7,9-10,12H2,1H3,(H2,20,21). The van der Waals surface area contributed by atoms with Gasteiger partial charge in [-0.3, -0.25) is 4.90 Å². The average Bonchev–Trinajstić information content (AvgIpc) is 2.56. The maximum absolute atomic E-state index is 14.4. The van der Waals surface area contributed by atoms with Gasteiger partial charge in [0.05, 0.1) is 7.11 Å². The van der Waals surface area contributed by atoms with Gasteiger partial charge in [-0.05, 0) is 61.2 Å². The largest absolute Gasteiger partial charge is 0.494 e. The lowest BCUT2D eigenvalue weighted by Crippen LogP contribution is -2.32. The number of nitrogen functional groups attached to an aromatic ring is 1. The van der Waals surface area contributed by atoms with Crippen molar-refractivity contribution in [2.45, 2.75) is 25.3 Å². The van der Waals surface area contributed by atoms with Crippen molar-refractivity contribution in [2.75, 3.05) is 25.9 Å². The van der Waals surface area contributed by atoms with Crippen LogP contribution >= 0.6 is 0 Å². The Morgan fingerprint density at radius 2 is 2.09 bits per heavy atom. The molecule has 0 amide bonds. The molecule has 5 heteroatoms.